The van der Waals surface area contributed by atoms with Gasteiger partial charge in [-0.2, -0.15) is 0 Å². The van der Waals surface area contributed by atoms with E-state index in [0.717, 1.165) is 25.8 Å². The average molecular weight is 291 g/mol. The van der Waals surface area contributed by atoms with Crippen LogP contribution in [-0.4, -0.2) is 25.7 Å². The molecule has 0 heterocycles. The molecule has 1 rings (SSSR count). The van der Waals surface area contributed by atoms with E-state index >= 15 is 0 Å². The first-order valence-electron chi connectivity index (χ1n) is 7.93. The normalized spacial score (nSPS) is 12.4. The first-order chi connectivity index (χ1) is 10.0. The lowest BCUT2D eigenvalue weighted by molar-refractivity contribution is -0.141. The van der Waals surface area contributed by atoms with Crippen molar-refractivity contribution in [3.8, 4) is 0 Å². The lowest BCUT2D eigenvalue weighted by atomic mass is 9.98. The summed E-state index contributed by atoms with van der Waals surface area (Å²) < 4.78 is 4.78. The number of hydrogen-bond donors (Lipinski definition) is 1. The van der Waals surface area contributed by atoms with Crippen LogP contribution in [0.25, 0.3) is 0 Å². The lowest BCUT2D eigenvalue weighted by Gasteiger charge is -2.17. The molecule has 0 fully saturated rings. The number of nitrogens with one attached hydrogen (secondary N) is 1. The monoisotopic (exact) mass is 291 g/mol. The molecule has 1 atom stereocenters. The Kier molecular flexibility index (Phi) is 8.06. The Balaban J connectivity index is 2.62. The molecule has 3 heteroatoms. The number of rotatable bonds is 9. The van der Waals surface area contributed by atoms with Crippen molar-refractivity contribution in [3.63, 3.8) is 0 Å². The highest BCUT2D eigenvalue weighted by Gasteiger charge is 2.14. The van der Waals surface area contributed by atoms with Gasteiger partial charge in [-0.25, -0.2) is 0 Å². The van der Waals surface area contributed by atoms with Crippen LogP contribution in [0.2, 0.25) is 0 Å². The molecule has 1 aromatic rings. The van der Waals surface area contributed by atoms with Crippen molar-refractivity contribution in [2.75, 3.05) is 13.7 Å². The zero-order valence-corrected chi connectivity index (χ0v) is 13.8. The fourth-order valence-electron chi connectivity index (χ4n) is 2.42. The summed E-state index contributed by atoms with van der Waals surface area (Å²) in [6.07, 6.45) is 3.45. The molecule has 3 nitrogen and oxygen atoms in total. The molecule has 1 aromatic carbocycles. The topological polar surface area (TPSA) is 38.3 Å². The number of esters is 1. The summed E-state index contributed by atoms with van der Waals surface area (Å²) >= 11 is 0. The van der Waals surface area contributed by atoms with Crippen LogP contribution in [0.15, 0.2) is 24.3 Å². The van der Waals surface area contributed by atoms with Crippen LogP contribution >= 0.6 is 0 Å². The maximum Gasteiger partial charge on any atom is 0.307 e. The summed E-state index contributed by atoms with van der Waals surface area (Å²) in [5.41, 5.74) is 2.64. The zero-order chi connectivity index (χ0) is 15.7. The molecule has 21 heavy (non-hydrogen) atoms. The molecule has 0 amide bonds. The van der Waals surface area contributed by atoms with Crippen molar-refractivity contribution in [1.29, 1.82) is 0 Å². The molecule has 0 saturated carbocycles. The minimum atomic E-state index is -0.153. The van der Waals surface area contributed by atoms with E-state index in [-0.39, 0.29) is 12.0 Å². The van der Waals surface area contributed by atoms with Crippen molar-refractivity contribution < 1.29 is 9.53 Å². The van der Waals surface area contributed by atoms with Crippen molar-refractivity contribution >= 4 is 5.97 Å². The molecule has 0 saturated heterocycles. The third-order valence-corrected chi connectivity index (χ3v) is 3.47. The van der Waals surface area contributed by atoms with E-state index in [1.54, 1.807) is 0 Å². The van der Waals surface area contributed by atoms with E-state index in [1.807, 2.05) is 0 Å². The number of carbonyl (C=O) groups is 1. The number of hydrogen-bond acceptors (Lipinski definition) is 3. The van der Waals surface area contributed by atoms with Crippen LogP contribution in [0.3, 0.4) is 0 Å². The molecular formula is C18H29NO2. The molecular weight excluding hydrogens is 262 g/mol. The fourth-order valence-corrected chi connectivity index (χ4v) is 2.42. The Labute approximate surface area is 129 Å². The van der Waals surface area contributed by atoms with Crippen molar-refractivity contribution in [2.45, 2.75) is 52.5 Å². The van der Waals surface area contributed by atoms with Gasteiger partial charge in [-0.1, -0.05) is 45.0 Å². The molecule has 0 aliphatic heterocycles. The number of benzene rings is 1. The second-order valence-electron chi connectivity index (χ2n) is 6.05. The van der Waals surface area contributed by atoms with Gasteiger partial charge in [-0.05, 0) is 42.9 Å². The van der Waals surface area contributed by atoms with E-state index in [9.17, 15) is 4.79 Å². The summed E-state index contributed by atoms with van der Waals surface area (Å²) in [6, 6.07) is 8.90. The predicted molar refractivity (Wildman–Crippen MR) is 87.4 cm³/mol. The minimum Gasteiger partial charge on any atom is -0.469 e. The smallest absolute Gasteiger partial charge is 0.307 e. The molecule has 118 valence electrons. The highest BCUT2D eigenvalue weighted by Crippen LogP contribution is 2.12. The van der Waals surface area contributed by atoms with E-state index < -0.39 is 0 Å². The average Bonchev–Trinajstić information content (AvgIpc) is 2.46. The standard InChI is InChI=1S/C18H29NO2/c1-5-10-19-17(13-18(20)21-4)12-16-8-6-15(7-9-16)11-14(2)3/h6-9,14,17,19H,5,10-13H2,1-4H3. The summed E-state index contributed by atoms with van der Waals surface area (Å²) in [4.78, 5) is 11.5. The maximum atomic E-state index is 11.5. The summed E-state index contributed by atoms with van der Waals surface area (Å²) in [6.45, 7) is 7.51. The molecule has 0 spiro atoms. The Bertz CT molecular complexity index is 412. The van der Waals surface area contributed by atoms with Crippen LogP contribution in [0.4, 0.5) is 0 Å². The van der Waals surface area contributed by atoms with Crippen LogP contribution in [0.1, 0.15) is 44.7 Å². The van der Waals surface area contributed by atoms with Gasteiger partial charge in [0.1, 0.15) is 0 Å². The van der Waals surface area contributed by atoms with Gasteiger partial charge in [0.25, 0.3) is 0 Å². The van der Waals surface area contributed by atoms with Crippen LogP contribution in [-0.2, 0) is 22.4 Å². The van der Waals surface area contributed by atoms with Gasteiger partial charge in [0.15, 0.2) is 0 Å². The molecule has 0 radical (unpaired) electrons. The lowest BCUT2D eigenvalue weighted by Crippen LogP contribution is -2.34. The summed E-state index contributed by atoms with van der Waals surface area (Å²) in [5.74, 6) is 0.522. The molecule has 0 aromatic heterocycles. The Morgan fingerprint density at radius 1 is 1.14 bits per heavy atom. The van der Waals surface area contributed by atoms with Gasteiger partial charge in [-0.3, -0.25) is 4.79 Å². The van der Waals surface area contributed by atoms with Crippen molar-refractivity contribution in [2.24, 2.45) is 5.92 Å². The van der Waals surface area contributed by atoms with Crippen molar-refractivity contribution in [1.82, 2.24) is 5.32 Å². The number of ether oxygens (including phenoxy) is 1. The van der Waals surface area contributed by atoms with Crippen LogP contribution in [0.5, 0.6) is 0 Å². The Hall–Kier alpha value is -1.35. The van der Waals surface area contributed by atoms with E-state index in [0.29, 0.717) is 12.3 Å². The predicted octanol–water partition coefficient (Wildman–Crippen LogP) is 3.36. The maximum absolute atomic E-state index is 11.5. The van der Waals surface area contributed by atoms with E-state index in [1.165, 1.54) is 18.2 Å². The van der Waals surface area contributed by atoms with E-state index in [2.05, 4.69) is 50.4 Å². The van der Waals surface area contributed by atoms with Gasteiger partial charge >= 0.3 is 5.97 Å². The third kappa shape index (κ3) is 7.28. The van der Waals surface area contributed by atoms with Gasteiger partial charge < -0.3 is 10.1 Å². The summed E-state index contributed by atoms with van der Waals surface area (Å²) in [7, 11) is 1.44. The highest BCUT2D eigenvalue weighted by molar-refractivity contribution is 5.70. The first-order valence-corrected chi connectivity index (χ1v) is 7.93. The van der Waals surface area contributed by atoms with Gasteiger partial charge in [0.05, 0.1) is 13.5 Å². The van der Waals surface area contributed by atoms with Gasteiger partial charge in [0, 0.05) is 6.04 Å². The Morgan fingerprint density at radius 2 is 1.71 bits per heavy atom. The number of methoxy groups -OCH3 is 1. The van der Waals surface area contributed by atoms with Crippen LogP contribution < -0.4 is 5.32 Å². The van der Waals surface area contributed by atoms with Gasteiger partial charge in [0.2, 0.25) is 0 Å². The molecule has 1 N–H and O–H groups in total. The number of carbonyl (C=O) groups excluding carboxylic acids is 1. The summed E-state index contributed by atoms with van der Waals surface area (Å²) in [5, 5.41) is 3.43. The van der Waals surface area contributed by atoms with Crippen LogP contribution in [0, 0.1) is 5.92 Å². The molecule has 1 unspecified atom stereocenters. The highest BCUT2D eigenvalue weighted by atomic mass is 16.5. The third-order valence-electron chi connectivity index (χ3n) is 3.47. The second kappa shape index (κ2) is 9.56. The molecule has 0 bridgehead atoms. The molecule has 0 aliphatic carbocycles. The molecule has 0 aliphatic rings. The zero-order valence-electron chi connectivity index (χ0n) is 13.8. The van der Waals surface area contributed by atoms with Crippen molar-refractivity contribution in [3.05, 3.63) is 35.4 Å². The van der Waals surface area contributed by atoms with E-state index in [4.69, 9.17) is 4.74 Å². The Morgan fingerprint density at radius 3 is 2.19 bits per heavy atom. The second-order valence-corrected chi connectivity index (χ2v) is 6.05. The fraction of sp³-hybridized carbons (Fsp3) is 0.611. The minimum absolute atomic E-state index is 0.147. The largest absolute Gasteiger partial charge is 0.469 e. The van der Waals surface area contributed by atoms with Gasteiger partial charge in [-0.15, -0.1) is 0 Å². The first kappa shape index (κ1) is 17.7. The SMILES string of the molecule is CCCNC(CC(=O)OC)Cc1ccc(CC(C)C)cc1. The quantitative estimate of drug-likeness (QED) is 0.709.